The Morgan fingerprint density at radius 3 is 1.71 bits per heavy atom. The Kier molecular flexibility index (Phi) is 10.4. The molecule has 4 rings (SSSR count). The van der Waals surface area contributed by atoms with Crippen LogP contribution >= 0.6 is 22.7 Å². The standard InChI is InChI=1S/C27H30N6O6S2/c1-37-19-11-9-17(13-21(19)39-3)15-23(36)29-27-33-31-25(41-27)7-5-4-6-24-30-32-26(40-24)28-22(35)14-16-8-10-18(34)20(12-16)38-2/h8-13,34H,4-7,14-15H2,1-3H3,(H,28,32,35)(H,29,33,36). The van der Waals surface area contributed by atoms with Crippen molar-refractivity contribution in [3.8, 4) is 23.0 Å². The summed E-state index contributed by atoms with van der Waals surface area (Å²) in [4.78, 5) is 24.8. The van der Waals surface area contributed by atoms with Gasteiger partial charge >= 0.3 is 0 Å². The number of nitrogens with zero attached hydrogens (tertiary/aromatic N) is 4. The number of benzene rings is 2. The molecule has 0 aliphatic heterocycles. The Labute approximate surface area is 244 Å². The van der Waals surface area contributed by atoms with Gasteiger partial charge in [-0.3, -0.25) is 9.59 Å². The molecule has 0 saturated heterocycles. The molecule has 2 aromatic carbocycles. The lowest BCUT2D eigenvalue weighted by Crippen LogP contribution is -2.14. The van der Waals surface area contributed by atoms with E-state index in [1.54, 1.807) is 38.5 Å². The van der Waals surface area contributed by atoms with Gasteiger partial charge in [0.15, 0.2) is 23.0 Å². The van der Waals surface area contributed by atoms with E-state index in [1.165, 1.54) is 35.8 Å². The van der Waals surface area contributed by atoms with Gasteiger partial charge in [-0.1, -0.05) is 34.8 Å². The highest BCUT2D eigenvalue weighted by molar-refractivity contribution is 7.15. The molecule has 0 spiro atoms. The molecule has 0 radical (unpaired) electrons. The van der Waals surface area contributed by atoms with Gasteiger partial charge in [-0.05, 0) is 48.2 Å². The number of amides is 2. The average Bonchev–Trinajstić information content (AvgIpc) is 3.60. The quantitative estimate of drug-likeness (QED) is 0.181. The van der Waals surface area contributed by atoms with Crippen molar-refractivity contribution in [2.24, 2.45) is 0 Å². The van der Waals surface area contributed by atoms with Crippen LogP contribution in [0.5, 0.6) is 23.0 Å². The topological polar surface area (TPSA) is 158 Å². The summed E-state index contributed by atoms with van der Waals surface area (Å²) in [5.41, 5.74) is 1.50. The van der Waals surface area contributed by atoms with E-state index in [2.05, 4.69) is 31.0 Å². The number of aromatic nitrogens is 4. The first-order valence-corrected chi connectivity index (χ1v) is 14.3. The van der Waals surface area contributed by atoms with E-state index < -0.39 is 0 Å². The molecule has 12 nitrogen and oxygen atoms in total. The largest absolute Gasteiger partial charge is 0.504 e. The smallest absolute Gasteiger partial charge is 0.230 e. The van der Waals surface area contributed by atoms with Crippen LogP contribution in [0.1, 0.15) is 34.0 Å². The minimum atomic E-state index is -0.233. The van der Waals surface area contributed by atoms with E-state index in [0.717, 1.165) is 41.3 Å². The lowest BCUT2D eigenvalue weighted by Gasteiger charge is -2.09. The number of rotatable bonds is 14. The zero-order chi connectivity index (χ0) is 29.2. The van der Waals surface area contributed by atoms with Crippen LogP contribution in [0.4, 0.5) is 10.3 Å². The van der Waals surface area contributed by atoms with E-state index in [-0.39, 0.29) is 30.4 Å². The second kappa shape index (κ2) is 14.4. The number of phenolic OH excluding ortho intramolecular Hbond substituents is 1. The zero-order valence-electron chi connectivity index (χ0n) is 22.8. The third-order valence-corrected chi connectivity index (χ3v) is 7.68. The molecule has 0 bridgehead atoms. The first kappa shape index (κ1) is 29.7. The van der Waals surface area contributed by atoms with Crippen molar-refractivity contribution < 1.29 is 28.9 Å². The van der Waals surface area contributed by atoms with Crippen LogP contribution in [-0.2, 0) is 35.3 Å². The van der Waals surface area contributed by atoms with Crippen molar-refractivity contribution in [1.29, 1.82) is 0 Å². The van der Waals surface area contributed by atoms with Gasteiger partial charge in [-0.15, -0.1) is 20.4 Å². The van der Waals surface area contributed by atoms with Gasteiger partial charge in [0.2, 0.25) is 22.1 Å². The maximum atomic E-state index is 12.5. The maximum Gasteiger partial charge on any atom is 0.230 e. The predicted molar refractivity (Wildman–Crippen MR) is 155 cm³/mol. The Morgan fingerprint density at radius 2 is 1.20 bits per heavy atom. The molecule has 216 valence electrons. The number of aromatic hydroxyl groups is 1. The number of aryl methyl sites for hydroxylation is 2. The van der Waals surface area contributed by atoms with Crippen LogP contribution in [0.15, 0.2) is 36.4 Å². The van der Waals surface area contributed by atoms with Gasteiger partial charge in [0, 0.05) is 12.8 Å². The van der Waals surface area contributed by atoms with Gasteiger partial charge in [-0.2, -0.15) is 0 Å². The summed E-state index contributed by atoms with van der Waals surface area (Å²) in [6, 6.07) is 10.1. The predicted octanol–water partition coefficient (Wildman–Crippen LogP) is 4.05. The summed E-state index contributed by atoms with van der Waals surface area (Å²) in [6.45, 7) is 0. The third kappa shape index (κ3) is 8.59. The van der Waals surface area contributed by atoms with Crippen LogP contribution in [0.3, 0.4) is 0 Å². The molecule has 0 atom stereocenters. The number of hydrogen-bond donors (Lipinski definition) is 3. The Balaban J connectivity index is 1.17. The summed E-state index contributed by atoms with van der Waals surface area (Å²) in [6.07, 6.45) is 3.45. The fourth-order valence-electron chi connectivity index (χ4n) is 3.88. The molecule has 2 heterocycles. The highest BCUT2D eigenvalue weighted by atomic mass is 32.1. The minimum absolute atomic E-state index is 0.0196. The molecule has 2 aromatic heterocycles. The second-order valence-corrected chi connectivity index (χ2v) is 11.0. The fraction of sp³-hybridized carbons (Fsp3) is 0.333. The fourth-order valence-corrected chi connectivity index (χ4v) is 5.48. The molecule has 41 heavy (non-hydrogen) atoms. The summed E-state index contributed by atoms with van der Waals surface area (Å²) in [5, 5.41) is 34.3. The number of ether oxygens (including phenoxy) is 3. The van der Waals surface area contributed by atoms with Crippen LogP contribution in [0, 0.1) is 0 Å². The van der Waals surface area contributed by atoms with E-state index in [4.69, 9.17) is 14.2 Å². The van der Waals surface area contributed by atoms with Gasteiger partial charge in [0.05, 0.1) is 34.2 Å². The highest BCUT2D eigenvalue weighted by Gasteiger charge is 2.13. The van der Waals surface area contributed by atoms with Crippen molar-refractivity contribution in [2.75, 3.05) is 32.0 Å². The summed E-state index contributed by atoms with van der Waals surface area (Å²) in [7, 11) is 4.57. The molecule has 3 N–H and O–H groups in total. The Bertz CT molecular complexity index is 1490. The summed E-state index contributed by atoms with van der Waals surface area (Å²) < 4.78 is 15.6. The molecule has 14 heteroatoms. The van der Waals surface area contributed by atoms with Crippen molar-refractivity contribution in [1.82, 2.24) is 20.4 Å². The van der Waals surface area contributed by atoms with E-state index in [1.807, 2.05) is 6.07 Å². The van der Waals surface area contributed by atoms with E-state index in [0.29, 0.717) is 33.1 Å². The molecule has 0 aliphatic carbocycles. The molecule has 0 saturated carbocycles. The highest BCUT2D eigenvalue weighted by Crippen LogP contribution is 2.28. The number of hydrogen-bond acceptors (Lipinski definition) is 12. The number of carbonyl (C=O) groups is 2. The second-order valence-electron chi connectivity index (χ2n) is 8.85. The number of nitrogens with one attached hydrogen (secondary N) is 2. The molecule has 2 amide bonds. The SMILES string of the molecule is COc1cc(CC(=O)Nc2nnc(CCCCc3nnc(NC(=O)Cc4ccc(OC)c(OC)c4)s3)s2)ccc1O. The van der Waals surface area contributed by atoms with Gasteiger partial charge in [0.25, 0.3) is 0 Å². The molecular formula is C27H30N6O6S2. The number of phenols is 1. The monoisotopic (exact) mass is 598 g/mol. The van der Waals surface area contributed by atoms with Crippen molar-refractivity contribution >= 4 is 44.8 Å². The zero-order valence-corrected chi connectivity index (χ0v) is 24.4. The number of unbranched alkanes of at least 4 members (excludes halogenated alkanes) is 1. The molecular weight excluding hydrogens is 568 g/mol. The first-order valence-electron chi connectivity index (χ1n) is 12.7. The van der Waals surface area contributed by atoms with Crippen LogP contribution in [0.2, 0.25) is 0 Å². The van der Waals surface area contributed by atoms with Gasteiger partial charge in [0.1, 0.15) is 10.0 Å². The lowest BCUT2D eigenvalue weighted by molar-refractivity contribution is -0.116. The minimum Gasteiger partial charge on any atom is -0.504 e. The van der Waals surface area contributed by atoms with E-state index >= 15 is 0 Å². The van der Waals surface area contributed by atoms with Gasteiger partial charge in [-0.25, -0.2) is 0 Å². The molecule has 0 aliphatic rings. The summed E-state index contributed by atoms with van der Waals surface area (Å²) in [5.74, 6) is 1.08. The number of anilines is 2. The van der Waals surface area contributed by atoms with Crippen molar-refractivity contribution in [2.45, 2.75) is 38.5 Å². The van der Waals surface area contributed by atoms with Crippen molar-refractivity contribution in [3.63, 3.8) is 0 Å². The Hall–Kier alpha value is -4.30. The van der Waals surface area contributed by atoms with Gasteiger partial charge < -0.3 is 30.0 Å². The lowest BCUT2D eigenvalue weighted by atomic mass is 10.1. The normalized spacial score (nSPS) is 10.7. The molecule has 0 unspecified atom stereocenters. The van der Waals surface area contributed by atoms with Crippen LogP contribution < -0.4 is 24.8 Å². The number of carbonyl (C=O) groups excluding carboxylic acids is 2. The third-order valence-electron chi connectivity index (χ3n) is 5.88. The molecule has 4 aromatic rings. The average molecular weight is 599 g/mol. The van der Waals surface area contributed by atoms with E-state index in [9.17, 15) is 14.7 Å². The molecule has 0 fully saturated rings. The summed E-state index contributed by atoms with van der Waals surface area (Å²) >= 11 is 2.69. The first-order chi connectivity index (χ1) is 19.9. The van der Waals surface area contributed by atoms with Crippen molar-refractivity contribution in [3.05, 3.63) is 57.5 Å². The van der Waals surface area contributed by atoms with Crippen LogP contribution in [-0.4, -0.2) is 58.6 Å². The Morgan fingerprint density at radius 1 is 0.707 bits per heavy atom. The number of methoxy groups -OCH3 is 3. The van der Waals surface area contributed by atoms with Crippen LogP contribution in [0.25, 0.3) is 0 Å². The maximum absolute atomic E-state index is 12.5.